The Kier molecular flexibility index (Phi) is 5.50. The number of nitriles is 1. The predicted molar refractivity (Wildman–Crippen MR) is 113 cm³/mol. The van der Waals surface area contributed by atoms with Crippen LogP contribution in [-0.4, -0.2) is 28.0 Å². The Morgan fingerprint density at radius 2 is 1.94 bits per heavy atom. The largest absolute Gasteiger partial charge is 0.457 e. The number of rotatable bonds is 5. The molecule has 2 heterocycles. The van der Waals surface area contributed by atoms with Crippen LogP contribution >= 0.6 is 0 Å². The molecule has 0 spiro atoms. The number of aryl methyl sites for hydroxylation is 1. The van der Waals surface area contributed by atoms with Gasteiger partial charge in [0, 0.05) is 18.7 Å². The van der Waals surface area contributed by atoms with Crippen LogP contribution in [0.5, 0.6) is 0 Å². The van der Waals surface area contributed by atoms with E-state index in [0.29, 0.717) is 10.9 Å². The molecule has 1 saturated heterocycles. The van der Waals surface area contributed by atoms with Crippen molar-refractivity contribution in [1.29, 1.82) is 5.26 Å². The predicted octanol–water partition coefficient (Wildman–Crippen LogP) is 2.32. The zero-order valence-electron chi connectivity index (χ0n) is 16.9. The van der Waals surface area contributed by atoms with Gasteiger partial charge >= 0.3 is 5.97 Å². The number of carbonyl (C=O) groups is 2. The number of fused-ring (bicyclic) bond motifs is 1. The van der Waals surface area contributed by atoms with E-state index in [1.807, 2.05) is 37.3 Å². The summed E-state index contributed by atoms with van der Waals surface area (Å²) in [7, 11) is 0. The Bertz CT molecular complexity index is 1260. The van der Waals surface area contributed by atoms with E-state index in [9.17, 15) is 14.4 Å². The fourth-order valence-electron chi connectivity index (χ4n) is 3.65. The summed E-state index contributed by atoms with van der Waals surface area (Å²) in [6, 6.07) is 16.3. The Hall–Kier alpha value is -3.99. The van der Waals surface area contributed by atoms with Crippen molar-refractivity contribution >= 4 is 28.5 Å². The van der Waals surface area contributed by atoms with Gasteiger partial charge in [-0.1, -0.05) is 29.8 Å². The van der Waals surface area contributed by atoms with E-state index < -0.39 is 11.9 Å². The molecule has 31 heavy (non-hydrogen) atoms. The number of nitrogens with zero attached hydrogens (tertiary/aromatic N) is 4. The summed E-state index contributed by atoms with van der Waals surface area (Å²) in [5.74, 6) is -1.09. The number of hydrogen-bond donors (Lipinski definition) is 0. The van der Waals surface area contributed by atoms with E-state index in [0.717, 1.165) is 11.3 Å². The standard InChI is InChI=1S/C23H20N4O4/c1-15-6-8-17(9-7-15)27-13-16(12-21(27)28)23(30)31-14-20-25-19-5-3-2-4-18(19)22(29)26(20)11-10-24/h2-9,16H,11-14H2,1H3/t16-/m0/s1. The second-order valence-electron chi connectivity index (χ2n) is 7.44. The minimum absolute atomic E-state index is 0.0584. The second kappa shape index (κ2) is 8.40. The molecule has 1 aliphatic rings. The highest BCUT2D eigenvalue weighted by atomic mass is 16.5. The molecule has 1 aliphatic heterocycles. The third-order valence-corrected chi connectivity index (χ3v) is 5.32. The van der Waals surface area contributed by atoms with Gasteiger partial charge in [-0.3, -0.25) is 19.0 Å². The molecule has 0 aliphatic carbocycles. The first-order valence-electron chi connectivity index (χ1n) is 9.87. The number of hydrogen-bond acceptors (Lipinski definition) is 6. The molecule has 2 aromatic carbocycles. The topological polar surface area (TPSA) is 105 Å². The third-order valence-electron chi connectivity index (χ3n) is 5.32. The number of aromatic nitrogens is 2. The molecule has 0 N–H and O–H groups in total. The van der Waals surface area contributed by atoms with Crippen molar-refractivity contribution in [1.82, 2.24) is 9.55 Å². The van der Waals surface area contributed by atoms with Gasteiger partial charge < -0.3 is 9.64 Å². The molecule has 1 atom stereocenters. The van der Waals surface area contributed by atoms with Gasteiger partial charge in [0.2, 0.25) is 5.91 Å². The van der Waals surface area contributed by atoms with Crippen LogP contribution in [0.25, 0.3) is 10.9 Å². The molecule has 156 valence electrons. The summed E-state index contributed by atoms with van der Waals surface area (Å²) in [5.41, 5.74) is 1.93. The van der Waals surface area contributed by atoms with Crippen molar-refractivity contribution < 1.29 is 14.3 Å². The average Bonchev–Trinajstić information content (AvgIpc) is 3.16. The van der Waals surface area contributed by atoms with Gasteiger partial charge in [0.05, 0.1) is 22.9 Å². The first-order valence-corrected chi connectivity index (χ1v) is 9.87. The molecule has 1 fully saturated rings. The molecule has 8 heteroatoms. The minimum Gasteiger partial charge on any atom is -0.457 e. The van der Waals surface area contributed by atoms with E-state index in [-0.39, 0.29) is 43.4 Å². The van der Waals surface area contributed by atoms with E-state index in [2.05, 4.69) is 4.98 Å². The zero-order valence-corrected chi connectivity index (χ0v) is 16.9. The lowest BCUT2D eigenvalue weighted by molar-refractivity contribution is -0.150. The summed E-state index contributed by atoms with van der Waals surface area (Å²) in [4.78, 5) is 43.7. The monoisotopic (exact) mass is 416 g/mol. The zero-order chi connectivity index (χ0) is 22.0. The first kappa shape index (κ1) is 20.3. The molecule has 1 amide bonds. The van der Waals surface area contributed by atoms with Gasteiger partial charge in [0.15, 0.2) is 5.82 Å². The van der Waals surface area contributed by atoms with E-state index in [4.69, 9.17) is 10.00 Å². The summed E-state index contributed by atoms with van der Waals surface area (Å²) >= 11 is 0. The molecule has 0 bridgehead atoms. The summed E-state index contributed by atoms with van der Waals surface area (Å²) in [6.07, 6.45) is 0.0584. The average molecular weight is 416 g/mol. The van der Waals surface area contributed by atoms with E-state index >= 15 is 0 Å². The molecular formula is C23H20N4O4. The maximum absolute atomic E-state index is 12.7. The third kappa shape index (κ3) is 4.03. The van der Waals surface area contributed by atoms with Crippen LogP contribution in [0.2, 0.25) is 0 Å². The lowest BCUT2D eigenvalue weighted by atomic mass is 10.1. The normalized spacial score (nSPS) is 15.8. The molecule has 1 aromatic heterocycles. The highest BCUT2D eigenvalue weighted by Crippen LogP contribution is 2.26. The number of carbonyl (C=O) groups excluding carboxylic acids is 2. The maximum Gasteiger partial charge on any atom is 0.311 e. The quantitative estimate of drug-likeness (QED) is 0.591. The summed E-state index contributed by atoms with van der Waals surface area (Å²) in [6.45, 7) is 1.74. The van der Waals surface area contributed by atoms with Crippen molar-refractivity contribution in [2.45, 2.75) is 26.5 Å². The van der Waals surface area contributed by atoms with E-state index in [1.165, 1.54) is 4.57 Å². The lowest BCUT2D eigenvalue weighted by Crippen LogP contribution is -2.28. The molecule has 3 aromatic rings. The number of para-hydroxylation sites is 1. The molecule has 4 rings (SSSR count). The summed E-state index contributed by atoms with van der Waals surface area (Å²) < 4.78 is 6.61. The Labute approximate surface area is 178 Å². The lowest BCUT2D eigenvalue weighted by Gasteiger charge is -2.17. The van der Waals surface area contributed by atoms with Crippen molar-refractivity contribution in [3.63, 3.8) is 0 Å². The van der Waals surface area contributed by atoms with Gasteiger partial charge in [0.1, 0.15) is 13.2 Å². The van der Waals surface area contributed by atoms with Crippen LogP contribution in [0.15, 0.2) is 53.3 Å². The van der Waals surface area contributed by atoms with Crippen LogP contribution in [0.1, 0.15) is 17.8 Å². The van der Waals surface area contributed by atoms with Crippen LogP contribution in [0.4, 0.5) is 5.69 Å². The number of ether oxygens (including phenoxy) is 1. The number of amides is 1. The van der Waals surface area contributed by atoms with Crippen molar-refractivity contribution in [2.24, 2.45) is 5.92 Å². The molecular weight excluding hydrogens is 396 g/mol. The first-order chi connectivity index (χ1) is 15.0. The second-order valence-corrected chi connectivity index (χ2v) is 7.44. The summed E-state index contributed by atoms with van der Waals surface area (Å²) in [5, 5.41) is 9.48. The number of benzene rings is 2. The smallest absolute Gasteiger partial charge is 0.311 e. The van der Waals surface area contributed by atoms with Gasteiger partial charge in [-0.25, -0.2) is 4.98 Å². The Balaban J connectivity index is 1.50. The molecule has 8 nitrogen and oxygen atoms in total. The highest BCUT2D eigenvalue weighted by Gasteiger charge is 2.36. The highest BCUT2D eigenvalue weighted by molar-refractivity contribution is 5.99. The number of anilines is 1. The van der Waals surface area contributed by atoms with Gasteiger partial charge in [-0.05, 0) is 31.2 Å². The fourth-order valence-corrected chi connectivity index (χ4v) is 3.65. The Morgan fingerprint density at radius 3 is 2.68 bits per heavy atom. The van der Waals surface area contributed by atoms with Crippen LogP contribution in [-0.2, 0) is 27.5 Å². The van der Waals surface area contributed by atoms with Crippen LogP contribution in [0.3, 0.4) is 0 Å². The van der Waals surface area contributed by atoms with Gasteiger partial charge in [0.25, 0.3) is 5.56 Å². The van der Waals surface area contributed by atoms with Gasteiger partial charge in [-0.2, -0.15) is 5.26 Å². The molecule has 0 unspecified atom stereocenters. The van der Waals surface area contributed by atoms with E-state index in [1.54, 1.807) is 29.2 Å². The minimum atomic E-state index is -0.606. The SMILES string of the molecule is Cc1ccc(N2C[C@@H](C(=O)OCc3nc4ccccc4c(=O)n3CC#N)CC2=O)cc1. The molecule has 0 saturated carbocycles. The van der Waals surface area contributed by atoms with Crippen molar-refractivity contribution in [3.05, 3.63) is 70.3 Å². The van der Waals surface area contributed by atoms with Crippen LogP contribution in [0, 0.1) is 24.2 Å². The van der Waals surface area contributed by atoms with Gasteiger partial charge in [-0.15, -0.1) is 0 Å². The van der Waals surface area contributed by atoms with Crippen molar-refractivity contribution in [2.75, 3.05) is 11.4 Å². The van der Waals surface area contributed by atoms with Crippen molar-refractivity contribution in [3.8, 4) is 6.07 Å². The Morgan fingerprint density at radius 1 is 1.19 bits per heavy atom. The number of esters is 1. The molecule has 0 radical (unpaired) electrons. The maximum atomic E-state index is 12.7. The fraction of sp³-hybridized carbons (Fsp3) is 0.261. The van der Waals surface area contributed by atoms with Crippen LogP contribution < -0.4 is 10.5 Å².